The van der Waals surface area contributed by atoms with E-state index in [1.54, 1.807) is 0 Å². The van der Waals surface area contributed by atoms with Crippen molar-refractivity contribution < 1.29 is 4.92 Å². The second-order valence-corrected chi connectivity index (χ2v) is 5.62. The monoisotopic (exact) mass is 264 g/mol. The van der Waals surface area contributed by atoms with E-state index in [0.29, 0.717) is 17.7 Å². The first-order valence-corrected chi connectivity index (χ1v) is 6.63. The Morgan fingerprint density at radius 1 is 1.32 bits per heavy atom. The Balaban J connectivity index is 2.18. The third-order valence-corrected chi connectivity index (χ3v) is 3.61. The Bertz CT molecular complexity index is 468. The molecule has 1 aliphatic carbocycles. The van der Waals surface area contributed by atoms with Crippen LogP contribution in [0.5, 0.6) is 0 Å². The summed E-state index contributed by atoms with van der Waals surface area (Å²) in [4.78, 5) is 14.6. The summed E-state index contributed by atoms with van der Waals surface area (Å²) in [7, 11) is 0. The lowest BCUT2D eigenvalue weighted by Gasteiger charge is -2.32. The minimum absolute atomic E-state index is 0.0138. The molecule has 0 spiro atoms. The van der Waals surface area contributed by atoms with Crippen molar-refractivity contribution in [3.05, 3.63) is 22.2 Å². The average Bonchev–Trinajstić information content (AvgIpc) is 2.26. The number of pyridine rings is 1. The van der Waals surface area contributed by atoms with Gasteiger partial charge < -0.3 is 11.1 Å². The maximum absolute atomic E-state index is 11.0. The molecule has 19 heavy (non-hydrogen) atoms. The Labute approximate surface area is 112 Å². The standard InChI is InChI=1S/C13H20N4O2/c1-8-5-9(2)7-10(6-8)15-13-11(17(18)19)3-4-12(14)16-13/h3-4,8-10H,5-7H2,1-2H3,(H3,14,15,16). The van der Waals surface area contributed by atoms with E-state index in [1.807, 2.05) is 0 Å². The van der Waals surface area contributed by atoms with Crippen LogP contribution in [-0.2, 0) is 0 Å². The summed E-state index contributed by atoms with van der Waals surface area (Å²) in [6.07, 6.45) is 3.24. The lowest BCUT2D eigenvalue weighted by molar-refractivity contribution is -0.384. The second kappa shape index (κ2) is 5.42. The van der Waals surface area contributed by atoms with Crippen LogP contribution < -0.4 is 11.1 Å². The van der Waals surface area contributed by atoms with Crippen LogP contribution in [0.25, 0.3) is 0 Å². The number of anilines is 2. The highest BCUT2D eigenvalue weighted by molar-refractivity contribution is 5.59. The summed E-state index contributed by atoms with van der Waals surface area (Å²) >= 11 is 0. The van der Waals surface area contributed by atoms with Gasteiger partial charge in [0.15, 0.2) is 0 Å². The summed E-state index contributed by atoms with van der Waals surface area (Å²) in [5.41, 5.74) is 5.60. The first-order chi connectivity index (χ1) is 8.95. The van der Waals surface area contributed by atoms with Gasteiger partial charge in [-0.2, -0.15) is 0 Å². The number of nitrogens with one attached hydrogen (secondary N) is 1. The van der Waals surface area contributed by atoms with Crippen molar-refractivity contribution in [2.45, 2.75) is 39.2 Å². The lowest BCUT2D eigenvalue weighted by atomic mass is 9.80. The number of aromatic nitrogens is 1. The molecular weight excluding hydrogens is 244 g/mol. The van der Waals surface area contributed by atoms with E-state index in [2.05, 4.69) is 24.1 Å². The van der Waals surface area contributed by atoms with E-state index in [9.17, 15) is 10.1 Å². The molecule has 0 aromatic carbocycles. The third kappa shape index (κ3) is 3.33. The Morgan fingerprint density at radius 2 is 1.95 bits per heavy atom. The molecule has 6 nitrogen and oxygen atoms in total. The van der Waals surface area contributed by atoms with Gasteiger partial charge in [-0.05, 0) is 37.2 Å². The predicted molar refractivity (Wildman–Crippen MR) is 74.9 cm³/mol. The summed E-state index contributed by atoms with van der Waals surface area (Å²) < 4.78 is 0. The molecule has 0 saturated heterocycles. The van der Waals surface area contributed by atoms with E-state index in [4.69, 9.17) is 5.73 Å². The van der Waals surface area contributed by atoms with Gasteiger partial charge in [0.1, 0.15) is 5.82 Å². The maximum atomic E-state index is 11.0. The first-order valence-electron chi connectivity index (χ1n) is 6.63. The van der Waals surface area contributed by atoms with Crippen molar-refractivity contribution in [2.24, 2.45) is 11.8 Å². The quantitative estimate of drug-likeness (QED) is 0.646. The van der Waals surface area contributed by atoms with Crippen LogP contribution in [0, 0.1) is 22.0 Å². The minimum atomic E-state index is -0.426. The third-order valence-electron chi connectivity index (χ3n) is 3.61. The number of hydrogen-bond acceptors (Lipinski definition) is 5. The Hall–Kier alpha value is -1.85. The van der Waals surface area contributed by atoms with Crippen molar-refractivity contribution in [1.82, 2.24) is 4.98 Å². The summed E-state index contributed by atoms with van der Waals surface area (Å²) in [6, 6.07) is 3.09. The number of rotatable bonds is 3. The molecule has 1 aromatic rings. The van der Waals surface area contributed by atoms with E-state index >= 15 is 0 Å². The Morgan fingerprint density at radius 3 is 2.53 bits per heavy atom. The highest BCUT2D eigenvalue weighted by Crippen LogP contribution is 2.32. The first kappa shape index (κ1) is 13.6. The predicted octanol–water partition coefficient (Wildman–Crippen LogP) is 2.81. The second-order valence-electron chi connectivity index (χ2n) is 5.62. The van der Waals surface area contributed by atoms with Crippen LogP contribution in [0.1, 0.15) is 33.1 Å². The number of nitrogens with two attached hydrogens (primary N) is 1. The molecule has 0 bridgehead atoms. The number of nitro groups is 1. The molecule has 104 valence electrons. The lowest BCUT2D eigenvalue weighted by Crippen LogP contribution is -2.30. The highest BCUT2D eigenvalue weighted by Gasteiger charge is 2.26. The molecule has 1 fully saturated rings. The highest BCUT2D eigenvalue weighted by atomic mass is 16.6. The molecule has 1 saturated carbocycles. The largest absolute Gasteiger partial charge is 0.384 e. The van der Waals surface area contributed by atoms with Crippen LogP contribution in [-0.4, -0.2) is 15.9 Å². The molecule has 1 aromatic heterocycles. The molecule has 2 rings (SSSR count). The maximum Gasteiger partial charge on any atom is 0.311 e. The molecular formula is C13H20N4O2. The molecule has 3 N–H and O–H groups in total. The van der Waals surface area contributed by atoms with Gasteiger partial charge in [-0.15, -0.1) is 0 Å². The van der Waals surface area contributed by atoms with E-state index < -0.39 is 4.92 Å². The summed E-state index contributed by atoms with van der Waals surface area (Å²) in [5.74, 6) is 1.84. The SMILES string of the molecule is CC1CC(C)CC(Nc2nc(N)ccc2[N+](=O)[O-])C1. The van der Waals surface area contributed by atoms with Crippen molar-refractivity contribution in [3.63, 3.8) is 0 Å². The van der Waals surface area contributed by atoms with Gasteiger partial charge in [0.25, 0.3) is 0 Å². The molecule has 0 amide bonds. The van der Waals surface area contributed by atoms with E-state index in [-0.39, 0.29) is 17.5 Å². The summed E-state index contributed by atoms with van der Waals surface area (Å²) in [5, 5.41) is 14.2. The van der Waals surface area contributed by atoms with Crippen LogP contribution >= 0.6 is 0 Å². The zero-order valence-electron chi connectivity index (χ0n) is 11.3. The van der Waals surface area contributed by atoms with Gasteiger partial charge in [-0.1, -0.05) is 13.8 Å². The molecule has 1 heterocycles. The van der Waals surface area contributed by atoms with Gasteiger partial charge >= 0.3 is 5.69 Å². The number of hydrogen-bond donors (Lipinski definition) is 2. The van der Waals surface area contributed by atoms with Crippen molar-refractivity contribution in [2.75, 3.05) is 11.1 Å². The van der Waals surface area contributed by atoms with Crippen LogP contribution in [0.4, 0.5) is 17.3 Å². The average molecular weight is 264 g/mol. The van der Waals surface area contributed by atoms with Crippen LogP contribution in [0.3, 0.4) is 0 Å². The number of nitrogens with zero attached hydrogens (tertiary/aromatic N) is 2. The zero-order chi connectivity index (χ0) is 14.0. The smallest absolute Gasteiger partial charge is 0.311 e. The van der Waals surface area contributed by atoms with Crippen molar-refractivity contribution in [1.29, 1.82) is 0 Å². The molecule has 6 heteroatoms. The Kier molecular flexibility index (Phi) is 3.87. The van der Waals surface area contributed by atoms with Gasteiger partial charge in [0.05, 0.1) is 4.92 Å². The summed E-state index contributed by atoms with van der Waals surface area (Å²) in [6.45, 7) is 4.43. The molecule has 2 atom stereocenters. The fraction of sp³-hybridized carbons (Fsp3) is 0.615. The van der Waals surface area contributed by atoms with E-state index in [1.165, 1.54) is 18.6 Å². The number of nitrogen functional groups attached to an aromatic ring is 1. The van der Waals surface area contributed by atoms with Crippen LogP contribution in [0.2, 0.25) is 0 Å². The fourth-order valence-corrected chi connectivity index (χ4v) is 2.98. The van der Waals surface area contributed by atoms with Crippen LogP contribution in [0.15, 0.2) is 12.1 Å². The van der Waals surface area contributed by atoms with Gasteiger partial charge in [-0.25, -0.2) is 4.98 Å². The molecule has 0 aliphatic heterocycles. The van der Waals surface area contributed by atoms with Gasteiger partial charge in [0.2, 0.25) is 5.82 Å². The van der Waals surface area contributed by atoms with Crippen molar-refractivity contribution in [3.8, 4) is 0 Å². The molecule has 2 unspecified atom stereocenters. The molecule has 0 radical (unpaired) electrons. The van der Waals surface area contributed by atoms with Gasteiger partial charge in [-0.3, -0.25) is 10.1 Å². The zero-order valence-corrected chi connectivity index (χ0v) is 11.3. The minimum Gasteiger partial charge on any atom is -0.384 e. The normalized spacial score (nSPS) is 26.9. The fourth-order valence-electron chi connectivity index (χ4n) is 2.98. The van der Waals surface area contributed by atoms with E-state index in [0.717, 1.165) is 12.8 Å². The topological polar surface area (TPSA) is 94.1 Å². The molecule has 1 aliphatic rings. The van der Waals surface area contributed by atoms with Crippen molar-refractivity contribution >= 4 is 17.3 Å². The van der Waals surface area contributed by atoms with Gasteiger partial charge in [0, 0.05) is 12.1 Å².